The lowest BCUT2D eigenvalue weighted by molar-refractivity contribution is 0.414. The maximum absolute atomic E-state index is 12.7. The molecule has 142 valence electrons. The van der Waals surface area contributed by atoms with Crippen molar-refractivity contribution in [3.63, 3.8) is 0 Å². The van der Waals surface area contributed by atoms with Crippen LogP contribution in [0.15, 0.2) is 64.4 Å². The molecule has 2 heterocycles. The lowest BCUT2D eigenvalue weighted by atomic mass is 10.1. The molecule has 0 radical (unpaired) electrons. The average Bonchev–Trinajstić information content (AvgIpc) is 2.67. The van der Waals surface area contributed by atoms with Crippen LogP contribution in [0.2, 0.25) is 0 Å². The zero-order valence-corrected chi connectivity index (χ0v) is 15.9. The summed E-state index contributed by atoms with van der Waals surface area (Å²) in [6.07, 6.45) is -0.532. The van der Waals surface area contributed by atoms with Crippen molar-refractivity contribution in [3.05, 3.63) is 81.8 Å². The van der Waals surface area contributed by atoms with E-state index in [1.807, 2.05) is 55.5 Å². The molecule has 0 aliphatic carbocycles. The van der Waals surface area contributed by atoms with Crippen LogP contribution in [0.5, 0.6) is 5.75 Å². The fourth-order valence-corrected chi connectivity index (χ4v) is 3.17. The van der Waals surface area contributed by atoms with Crippen molar-refractivity contribution in [2.24, 2.45) is 4.99 Å². The van der Waals surface area contributed by atoms with Crippen molar-refractivity contribution in [3.8, 4) is 5.75 Å². The average molecular weight is 375 g/mol. The molecule has 28 heavy (non-hydrogen) atoms. The van der Waals surface area contributed by atoms with Crippen LogP contribution in [0.4, 0.5) is 11.6 Å². The number of aromatic nitrogens is 2. The van der Waals surface area contributed by atoms with Crippen molar-refractivity contribution in [2.45, 2.75) is 20.0 Å². The molecule has 1 aromatic heterocycles. The highest BCUT2D eigenvalue weighted by Crippen LogP contribution is 2.27. The molecule has 0 bridgehead atoms. The van der Waals surface area contributed by atoms with Crippen molar-refractivity contribution in [2.75, 3.05) is 17.7 Å². The Hall–Kier alpha value is -3.61. The van der Waals surface area contributed by atoms with E-state index in [2.05, 4.69) is 15.6 Å². The summed E-state index contributed by atoms with van der Waals surface area (Å²) >= 11 is 0. The SMILES string of the molecule is COc1ccc(C2N=C(Nc3cccc(C)c3)Nc3nc(C)cc(=O)n32)cc1. The highest BCUT2D eigenvalue weighted by atomic mass is 16.5. The Morgan fingerprint density at radius 2 is 1.89 bits per heavy atom. The molecule has 1 aliphatic heterocycles. The minimum atomic E-state index is -0.532. The molecule has 0 saturated heterocycles. The topological polar surface area (TPSA) is 80.5 Å². The Kier molecular flexibility index (Phi) is 4.57. The number of aliphatic imine (C=N–C) groups is 1. The number of nitrogens with zero attached hydrogens (tertiary/aromatic N) is 3. The number of hydrogen-bond donors (Lipinski definition) is 2. The van der Waals surface area contributed by atoms with Crippen LogP contribution in [0.3, 0.4) is 0 Å². The van der Waals surface area contributed by atoms with Gasteiger partial charge >= 0.3 is 0 Å². The van der Waals surface area contributed by atoms with Crippen LogP contribution >= 0.6 is 0 Å². The van der Waals surface area contributed by atoms with Crippen LogP contribution in [-0.4, -0.2) is 22.6 Å². The van der Waals surface area contributed by atoms with Crippen molar-refractivity contribution < 1.29 is 4.74 Å². The van der Waals surface area contributed by atoms with Gasteiger partial charge in [-0.25, -0.2) is 9.98 Å². The number of aryl methyl sites for hydroxylation is 2. The molecule has 4 rings (SSSR count). The van der Waals surface area contributed by atoms with Gasteiger partial charge in [0.05, 0.1) is 7.11 Å². The van der Waals surface area contributed by atoms with E-state index in [0.717, 1.165) is 22.6 Å². The third kappa shape index (κ3) is 3.46. The van der Waals surface area contributed by atoms with Gasteiger partial charge in [0.15, 0.2) is 6.17 Å². The van der Waals surface area contributed by atoms with E-state index in [1.165, 1.54) is 6.07 Å². The summed E-state index contributed by atoms with van der Waals surface area (Å²) in [6.45, 7) is 3.83. The lowest BCUT2D eigenvalue weighted by Gasteiger charge is -2.27. The normalized spacial score (nSPS) is 15.2. The smallest absolute Gasteiger partial charge is 0.257 e. The molecule has 0 amide bonds. The zero-order chi connectivity index (χ0) is 19.7. The number of hydrogen-bond acceptors (Lipinski definition) is 6. The Balaban J connectivity index is 1.78. The van der Waals surface area contributed by atoms with E-state index in [9.17, 15) is 4.79 Å². The molecule has 3 aromatic rings. The second-order valence-corrected chi connectivity index (χ2v) is 6.67. The first-order chi connectivity index (χ1) is 13.5. The van der Waals surface area contributed by atoms with Crippen molar-refractivity contribution in [1.82, 2.24) is 9.55 Å². The number of methoxy groups -OCH3 is 1. The Morgan fingerprint density at radius 1 is 1.11 bits per heavy atom. The lowest BCUT2D eigenvalue weighted by Crippen LogP contribution is -2.37. The Labute approximate surface area is 162 Å². The molecule has 0 saturated carbocycles. The van der Waals surface area contributed by atoms with E-state index in [1.54, 1.807) is 18.6 Å². The molecular weight excluding hydrogens is 354 g/mol. The molecule has 1 aliphatic rings. The number of nitrogens with one attached hydrogen (secondary N) is 2. The van der Waals surface area contributed by atoms with Gasteiger partial charge in [0, 0.05) is 17.4 Å². The first-order valence-corrected chi connectivity index (χ1v) is 8.96. The number of anilines is 2. The molecule has 1 unspecified atom stereocenters. The first kappa shape index (κ1) is 17.8. The fraction of sp³-hybridized carbons (Fsp3) is 0.190. The molecule has 7 nitrogen and oxygen atoms in total. The quantitative estimate of drug-likeness (QED) is 0.734. The predicted octanol–water partition coefficient (Wildman–Crippen LogP) is 3.31. The van der Waals surface area contributed by atoms with Crippen LogP contribution in [0, 0.1) is 13.8 Å². The molecule has 2 aromatic carbocycles. The summed E-state index contributed by atoms with van der Waals surface area (Å²) in [5.41, 5.74) is 3.39. The first-order valence-electron chi connectivity index (χ1n) is 8.96. The van der Waals surface area contributed by atoms with E-state index in [0.29, 0.717) is 17.6 Å². The van der Waals surface area contributed by atoms with Gasteiger partial charge in [-0.3, -0.25) is 14.7 Å². The molecule has 1 atom stereocenters. The van der Waals surface area contributed by atoms with Gasteiger partial charge in [-0.05, 0) is 49.2 Å². The number of guanidine groups is 1. The van der Waals surface area contributed by atoms with Crippen LogP contribution in [-0.2, 0) is 0 Å². The monoisotopic (exact) mass is 375 g/mol. The van der Waals surface area contributed by atoms with Crippen LogP contribution in [0.25, 0.3) is 0 Å². The van der Waals surface area contributed by atoms with Gasteiger partial charge in [-0.2, -0.15) is 0 Å². The third-order valence-electron chi connectivity index (χ3n) is 4.50. The number of rotatable bonds is 3. The van der Waals surface area contributed by atoms with Crippen molar-refractivity contribution in [1.29, 1.82) is 0 Å². The second-order valence-electron chi connectivity index (χ2n) is 6.67. The van der Waals surface area contributed by atoms with Gasteiger partial charge in [0.25, 0.3) is 5.56 Å². The molecule has 2 N–H and O–H groups in total. The maximum atomic E-state index is 12.7. The highest BCUT2D eigenvalue weighted by molar-refractivity contribution is 6.03. The highest BCUT2D eigenvalue weighted by Gasteiger charge is 2.25. The molecule has 0 fully saturated rings. The maximum Gasteiger partial charge on any atom is 0.257 e. The Morgan fingerprint density at radius 3 is 2.61 bits per heavy atom. The third-order valence-corrected chi connectivity index (χ3v) is 4.50. The summed E-state index contributed by atoms with van der Waals surface area (Å²) in [4.78, 5) is 21.9. The largest absolute Gasteiger partial charge is 0.497 e. The van der Waals surface area contributed by atoms with E-state index < -0.39 is 6.17 Å². The van der Waals surface area contributed by atoms with Gasteiger partial charge in [0.1, 0.15) is 5.75 Å². The minimum absolute atomic E-state index is 0.158. The molecule has 0 spiro atoms. The number of benzene rings is 2. The standard InChI is InChI=1S/C21H21N5O2/c1-13-5-4-6-16(11-13)23-20-24-19(15-7-9-17(28-3)10-8-15)26-18(27)12-14(2)22-21(26)25-20/h4-12,19H,1-3H3,(H2,22,23,24,25). The van der Waals surface area contributed by atoms with E-state index >= 15 is 0 Å². The van der Waals surface area contributed by atoms with E-state index in [4.69, 9.17) is 9.73 Å². The van der Waals surface area contributed by atoms with Gasteiger partial charge < -0.3 is 10.1 Å². The summed E-state index contributed by atoms with van der Waals surface area (Å²) in [7, 11) is 1.62. The van der Waals surface area contributed by atoms with E-state index in [-0.39, 0.29) is 5.56 Å². The summed E-state index contributed by atoms with van der Waals surface area (Å²) in [6, 6.07) is 17.0. The Bertz CT molecular complexity index is 1100. The number of ether oxygens (including phenoxy) is 1. The summed E-state index contributed by atoms with van der Waals surface area (Å²) in [5, 5.41) is 6.42. The van der Waals surface area contributed by atoms with Crippen molar-refractivity contribution >= 4 is 17.6 Å². The minimum Gasteiger partial charge on any atom is -0.497 e. The fourth-order valence-electron chi connectivity index (χ4n) is 3.17. The van der Waals surface area contributed by atoms with Crippen LogP contribution < -0.4 is 20.9 Å². The number of fused-ring (bicyclic) bond motifs is 1. The second kappa shape index (κ2) is 7.19. The van der Waals surface area contributed by atoms with Gasteiger partial charge in [-0.1, -0.05) is 24.3 Å². The molecular formula is C21H21N5O2. The summed E-state index contributed by atoms with van der Waals surface area (Å²) < 4.78 is 6.79. The van der Waals surface area contributed by atoms with Gasteiger partial charge in [-0.15, -0.1) is 0 Å². The van der Waals surface area contributed by atoms with Crippen LogP contribution in [0.1, 0.15) is 23.0 Å². The molecule has 7 heteroatoms. The predicted molar refractivity (Wildman–Crippen MR) is 110 cm³/mol. The summed E-state index contributed by atoms with van der Waals surface area (Å²) in [5.74, 6) is 1.73. The van der Waals surface area contributed by atoms with Gasteiger partial charge in [0.2, 0.25) is 11.9 Å². The zero-order valence-electron chi connectivity index (χ0n) is 15.9.